The van der Waals surface area contributed by atoms with E-state index in [4.69, 9.17) is 11.6 Å². The van der Waals surface area contributed by atoms with E-state index in [2.05, 4.69) is 10.1 Å². The fourth-order valence-electron chi connectivity index (χ4n) is 1.81. The highest BCUT2D eigenvalue weighted by molar-refractivity contribution is 7.19. The first-order chi connectivity index (χ1) is 9.06. The number of hydrogen-bond acceptors (Lipinski definition) is 5. The van der Waals surface area contributed by atoms with Crippen molar-refractivity contribution in [2.24, 2.45) is 0 Å². The van der Waals surface area contributed by atoms with Crippen LogP contribution in [0.2, 0.25) is 5.02 Å². The van der Waals surface area contributed by atoms with Crippen molar-refractivity contribution in [1.29, 1.82) is 0 Å². The van der Waals surface area contributed by atoms with Gasteiger partial charge in [0, 0.05) is 10.6 Å². The van der Waals surface area contributed by atoms with Gasteiger partial charge < -0.3 is 5.21 Å². The molecule has 0 amide bonds. The Balaban J connectivity index is 2.37. The third-order valence-corrected chi connectivity index (χ3v) is 3.88. The summed E-state index contributed by atoms with van der Waals surface area (Å²) in [6.45, 7) is 1.80. The van der Waals surface area contributed by atoms with E-state index in [1.54, 1.807) is 31.2 Å². The molecule has 0 aliphatic rings. The van der Waals surface area contributed by atoms with Crippen molar-refractivity contribution >= 4 is 33.2 Å². The molecule has 0 saturated heterocycles. The van der Waals surface area contributed by atoms with Crippen LogP contribution in [-0.4, -0.2) is 20.1 Å². The monoisotopic (exact) mass is 293 g/mol. The van der Waals surface area contributed by atoms with Gasteiger partial charge in [-0.1, -0.05) is 28.6 Å². The molecule has 0 atom stereocenters. The number of benzene rings is 1. The fraction of sp³-hybridized carbons (Fsp3) is 0.0833. The summed E-state index contributed by atoms with van der Waals surface area (Å²) in [5, 5.41) is 14.8. The lowest BCUT2D eigenvalue weighted by Gasteiger charge is -2.03. The third kappa shape index (κ3) is 1.98. The van der Waals surface area contributed by atoms with Crippen LogP contribution in [0.15, 0.2) is 29.1 Å². The van der Waals surface area contributed by atoms with E-state index in [0.717, 1.165) is 10.6 Å². The summed E-state index contributed by atoms with van der Waals surface area (Å²) in [6.07, 6.45) is 0. The van der Waals surface area contributed by atoms with Crippen molar-refractivity contribution in [3.05, 3.63) is 44.6 Å². The van der Waals surface area contributed by atoms with E-state index in [1.165, 1.54) is 11.3 Å². The van der Waals surface area contributed by atoms with Gasteiger partial charge in [0.15, 0.2) is 5.52 Å². The molecule has 1 N–H and O–H groups in total. The van der Waals surface area contributed by atoms with Crippen LogP contribution in [0.25, 0.3) is 21.5 Å². The summed E-state index contributed by atoms with van der Waals surface area (Å²) in [7, 11) is 0. The maximum Gasteiger partial charge on any atom is 0.329 e. The van der Waals surface area contributed by atoms with E-state index in [0.29, 0.717) is 20.3 Å². The molecule has 0 bridgehead atoms. The number of aromatic nitrogens is 3. The summed E-state index contributed by atoms with van der Waals surface area (Å²) >= 11 is 7.21. The molecule has 3 aromatic rings. The van der Waals surface area contributed by atoms with E-state index >= 15 is 0 Å². The minimum absolute atomic E-state index is 0.227. The topological polar surface area (TPSA) is 68.0 Å². The van der Waals surface area contributed by atoms with Crippen LogP contribution in [0.4, 0.5) is 0 Å². The minimum Gasteiger partial charge on any atom is -0.409 e. The van der Waals surface area contributed by atoms with Crippen LogP contribution in [0.5, 0.6) is 0 Å². The van der Waals surface area contributed by atoms with Gasteiger partial charge in [0.1, 0.15) is 5.69 Å². The number of halogens is 1. The second-order valence-electron chi connectivity index (χ2n) is 3.96. The Morgan fingerprint density at radius 2 is 2.00 bits per heavy atom. The molecule has 0 unspecified atom stereocenters. The summed E-state index contributed by atoms with van der Waals surface area (Å²) < 4.78 is 0.662. The number of fused-ring (bicyclic) bond motifs is 1. The Kier molecular flexibility index (Phi) is 2.76. The van der Waals surface area contributed by atoms with Gasteiger partial charge in [-0.2, -0.15) is 0 Å². The van der Waals surface area contributed by atoms with Crippen molar-refractivity contribution in [1.82, 2.24) is 14.9 Å². The van der Waals surface area contributed by atoms with Gasteiger partial charge in [0.25, 0.3) is 0 Å². The third-order valence-electron chi connectivity index (χ3n) is 2.65. The molecule has 19 heavy (non-hydrogen) atoms. The van der Waals surface area contributed by atoms with Gasteiger partial charge in [-0.05, 0) is 19.1 Å². The Labute approximate surface area is 116 Å². The normalized spacial score (nSPS) is 11.1. The van der Waals surface area contributed by atoms with Crippen LogP contribution in [0.1, 0.15) is 5.01 Å². The van der Waals surface area contributed by atoms with Crippen molar-refractivity contribution in [3.63, 3.8) is 0 Å². The first-order valence-electron chi connectivity index (χ1n) is 5.42. The lowest BCUT2D eigenvalue weighted by atomic mass is 10.1. The molecule has 5 nitrogen and oxygen atoms in total. The van der Waals surface area contributed by atoms with E-state index in [1.807, 2.05) is 0 Å². The Morgan fingerprint density at radius 3 is 2.68 bits per heavy atom. The van der Waals surface area contributed by atoms with Crippen molar-refractivity contribution in [2.75, 3.05) is 0 Å². The minimum atomic E-state index is -0.614. The first kappa shape index (κ1) is 12.1. The lowest BCUT2D eigenvalue weighted by molar-refractivity contribution is 0.137. The second-order valence-corrected chi connectivity index (χ2v) is 5.60. The molecule has 3 rings (SSSR count). The molecule has 0 spiro atoms. The zero-order valence-electron chi connectivity index (χ0n) is 9.79. The van der Waals surface area contributed by atoms with Crippen LogP contribution in [-0.2, 0) is 0 Å². The Bertz CT molecular complexity index is 823. The summed E-state index contributed by atoms with van der Waals surface area (Å²) in [6, 6.07) is 7.02. The van der Waals surface area contributed by atoms with Crippen LogP contribution < -0.4 is 5.56 Å². The summed E-state index contributed by atoms with van der Waals surface area (Å²) in [5.41, 5.74) is 0.891. The Hall–Kier alpha value is -1.92. The molecule has 1 aromatic carbocycles. The first-order valence-corrected chi connectivity index (χ1v) is 6.61. The molecule has 0 radical (unpaired) electrons. The summed E-state index contributed by atoms with van der Waals surface area (Å²) in [4.78, 5) is 16.2. The molecule has 7 heteroatoms. The quantitative estimate of drug-likeness (QED) is 0.701. The Morgan fingerprint density at radius 1 is 1.32 bits per heavy atom. The molecule has 96 valence electrons. The van der Waals surface area contributed by atoms with Crippen LogP contribution in [0.3, 0.4) is 0 Å². The molecule has 2 heterocycles. The lowest BCUT2D eigenvalue weighted by Crippen LogP contribution is -2.21. The molecular formula is C12H8ClN3O2S. The standard InChI is InChI=1S/C12H8ClN3O2S/c1-6-14-10-11(19-6)9(15-16(18)12(10)17)7-2-4-8(13)5-3-7/h2-5,18H,1H3. The van der Waals surface area contributed by atoms with Gasteiger partial charge in [-0.15, -0.1) is 16.4 Å². The van der Waals surface area contributed by atoms with Gasteiger partial charge in [0.2, 0.25) is 0 Å². The highest BCUT2D eigenvalue weighted by atomic mass is 35.5. The van der Waals surface area contributed by atoms with E-state index in [9.17, 15) is 10.0 Å². The van der Waals surface area contributed by atoms with Gasteiger partial charge in [-0.25, -0.2) is 4.98 Å². The summed E-state index contributed by atoms with van der Waals surface area (Å²) in [5.74, 6) is 0. The molecule has 0 aliphatic heterocycles. The average molecular weight is 294 g/mol. The zero-order chi connectivity index (χ0) is 13.6. The van der Waals surface area contributed by atoms with Crippen LogP contribution >= 0.6 is 22.9 Å². The smallest absolute Gasteiger partial charge is 0.329 e. The predicted molar refractivity (Wildman–Crippen MR) is 74.0 cm³/mol. The van der Waals surface area contributed by atoms with Crippen molar-refractivity contribution in [2.45, 2.75) is 6.92 Å². The van der Waals surface area contributed by atoms with Gasteiger partial charge >= 0.3 is 5.56 Å². The molecule has 0 fully saturated rings. The molecular weight excluding hydrogens is 286 g/mol. The molecule has 0 saturated carbocycles. The predicted octanol–water partition coefficient (Wildman–Crippen LogP) is 2.72. The largest absolute Gasteiger partial charge is 0.409 e. The number of hydrogen-bond donors (Lipinski definition) is 1. The second kappa shape index (κ2) is 4.32. The molecule has 2 aromatic heterocycles. The van der Waals surface area contributed by atoms with E-state index < -0.39 is 5.56 Å². The average Bonchev–Trinajstić information content (AvgIpc) is 2.77. The number of nitrogens with zero attached hydrogens (tertiary/aromatic N) is 3. The van der Waals surface area contributed by atoms with E-state index in [-0.39, 0.29) is 5.52 Å². The van der Waals surface area contributed by atoms with Gasteiger partial charge in [-0.3, -0.25) is 4.79 Å². The molecule has 0 aliphatic carbocycles. The number of aryl methyl sites for hydroxylation is 1. The van der Waals surface area contributed by atoms with Gasteiger partial charge in [0.05, 0.1) is 9.71 Å². The number of rotatable bonds is 1. The maximum absolute atomic E-state index is 11.8. The van der Waals surface area contributed by atoms with Crippen molar-refractivity contribution in [3.8, 4) is 11.3 Å². The highest BCUT2D eigenvalue weighted by Crippen LogP contribution is 2.29. The number of thiazole rings is 1. The highest BCUT2D eigenvalue weighted by Gasteiger charge is 2.15. The fourth-order valence-corrected chi connectivity index (χ4v) is 2.85. The van der Waals surface area contributed by atoms with Crippen LogP contribution in [0, 0.1) is 6.92 Å². The zero-order valence-corrected chi connectivity index (χ0v) is 11.4. The maximum atomic E-state index is 11.8. The van der Waals surface area contributed by atoms with Crippen molar-refractivity contribution < 1.29 is 5.21 Å². The SMILES string of the molecule is Cc1nc2c(=O)n(O)nc(-c3ccc(Cl)cc3)c2s1.